The molecule has 10 nitrogen and oxygen atoms in total. The zero-order valence-electron chi connectivity index (χ0n) is 64.4. The highest BCUT2D eigenvalue weighted by Gasteiger charge is 2.44. The molecular formula is C108H64B2N6O4. The monoisotopic (exact) mass is 1530 g/mol. The summed E-state index contributed by atoms with van der Waals surface area (Å²) in [4.78, 5) is 0. The Balaban J connectivity index is 0.000000127. The van der Waals surface area contributed by atoms with Gasteiger partial charge in [0.25, 0.3) is 13.4 Å². The van der Waals surface area contributed by atoms with E-state index in [2.05, 4.69) is 416 Å². The van der Waals surface area contributed by atoms with Crippen molar-refractivity contribution >= 4 is 177 Å². The Morgan fingerprint density at radius 2 is 0.450 bits per heavy atom. The molecule has 0 atom stereocenters. The molecule has 18 aromatic carbocycles. The molecule has 120 heavy (non-hydrogen) atoms. The standard InChI is InChI=1S/C54H29B2N3O2.C54H35N3O2/c1-2-12-30(13-3-1)57-45-28-49-39(55-37-16-6-10-20-43(37)58-41-18-8-4-14-31(41)33-22-24-47(60-49)51(55)53(33)58)26-35(45)36-27-40-50(29-46(36)57)61-48-25-23-34-32-15-5-9-19-42(32)59-44-21-11-7-17-38(44)56(40)52(48)54(34)59;1-4-14-36(15-5-1)55-49-22-12-10-20-43(49)45-28-24-39(32-51(45)55)58-41-26-30-47-48-31-27-42(35-54(48)57(53(47)34-41)38-18-8-3-9-19-38)59-40-25-29-46-44-21-11-13-23-50(44)56(52(46)33-40)37-16-6-2-7-17-37/h1-29H;1-35H. The minimum atomic E-state index is 0.00301. The Kier molecular flexibility index (Phi) is 13.5. The smallest absolute Gasteiger partial charge is 0.256 e. The van der Waals surface area contributed by atoms with Crippen LogP contribution in [0.2, 0.25) is 0 Å². The molecule has 0 fully saturated rings. The maximum absolute atomic E-state index is 7.09. The number of benzene rings is 18. The lowest BCUT2D eigenvalue weighted by Crippen LogP contribution is -2.58. The van der Waals surface area contributed by atoms with Gasteiger partial charge in [0.05, 0.1) is 66.2 Å². The highest BCUT2D eigenvalue weighted by molar-refractivity contribution is 7.00. The molecule has 0 saturated carbocycles. The summed E-state index contributed by atoms with van der Waals surface area (Å²) in [6, 6.07) is 139. The van der Waals surface area contributed by atoms with Gasteiger partial charge in [0, 0.05) is 135 Å². The second-order valence-corrected chi connectivity index (χ2v) is 32.1. The molecule has 0 spiro atoms. The van der Waals surface area contributed by atoms with E-state index >= 15 is 0 Å². The van der Waals surface area contributed by atoms with Crippen LogP contribution in [0.1, 0.15) is 0 Å². The Labute approximate surface area is 687 Å². The summed E-state index contributed by atoms with van der Waals surface area (Å²) < 4.78 is 41.9. The largest absolute Gasteiger partial charge is 0.458 e. The predicted molar refractivity (Wildman–Crippen MR) is 494 cm³/mol. The van der Waals surface area contributed by atoms with Gasteiger partial charge in [-0.05, 0) is 191 Å². The fourth-order valence-electron chi connectivity index (χ4n) is 21.0. The van der Waals surface area contributed by atoms with Crippen molar-refractivity contribution in [1.29, 1.82) is 0 Å². The van der Waals surface area contributed by atoms with Crippen LogP contribution < -0.4 is 51.7 Å². The molecule has 0 radical (unpaired) electrons. The van der Waals surface area contributed by atoms with Crippen molar-refractivity contribution in [3.63, 3.8) is 0 Å². The molecule has 0 amide bonds. The van der Waals surface area contributed by atoms with Gasteiger partial charge in [0.15, 0.2) is 0 Å². The summed E-state index contributed by atoms with van der Waals surface area (Å²) in [5.41, 5.74) is 28.1. The third-order valence-corrected chi connectivity index (χ3v) is 25.8. The number of para-hydroxylation sites is 10. The van der Waals surface area contributed by atoms with Gasteiger partial charge in [0.1, 0.15) is 46.0 Å². The van der Waals surface area contributed by atoms with Gasteiger partial charge in [-0.25, -0.2) is 0 Å². The van der Waals surface area contributed by atoms with Crippen LogP contribution >= 0.6 is 0 Å². The number of nitrogens with zero attached hydrogens (tertiary/aromatic N) is 6. The lowest BCUT2D eigenvalue weighted by atomic mass is 9.34. The third-order valence-electron chi connectivity index (χ3n) is 25.8. The van der Waals surface area contributed by atoms with Gasteiger partial charge in [-0.2, -0.15) is 0 Å². The Morgan fingerprint density at radius 3 is 0.800 bits per heavy atom. The van der Waals surface area contributed by atoms with Crippen LogP contribution in [0.5, 0.6) is 46.0 Å². The molecule has 28 rings (SSSR count). The highest BCUT2D eigenvalue weighted by atomic mass is 16.5. The van der Waals surface area contributed by atoms with E-state index in [0.29, 0.717) is 0 Å². The van der Waals surface area contributed by atoms with Crippen molar-refractivity contribution < 1.29 is 18.9 Å². The van der Waals surface area contributed by atoms with E-state index in [0.717, 1.165) is 113 Å². The van der Waals surface area contributed by atoms with Crippen molar-refractivity contribution in [3.8, 4) is 80.1 Å². The first kappa shape index (κ1) is 65.4. The van der Waals surface area contributed by atoms with E-state index in [1.807, 2.05) is 0 Å². The first-order chi connectivity index (χ1) is 59.5. The molecular weight excluding hydrogens is 1470 g/mol. The van der Waals surface area contributed by atoms with E-state index < -0.39 is 0 Å². The van der Waals surface area contributed by atoms with E-state index in [1.54, 1.807) is 0 Å². The number of aromatic nitrogens is 6. The van der Waals surface area contributed by atoms with E-state index in [9.17, 15) is 0 Å². The van der Waals surface area contributed by atoms with Crippen molar-refractivity contribution in [1.82, 2.24) is 27.4 Å². The van der Waals surface area contributed by atoms with Gasteiger partial charge in [-0.15, -0.1) is 0 Å². The van der Waals surface area contributed by atoms with Crippen LogP contribution in [0.15, 0.2) is 388 Å². The van der Waals surface area contributed by atoms with Gasteiger partial charge in [-0.3, -0.25) is 0 Å². The minimum Gasteiger partial charge on any atom is -0.458 e. The molecule has 0 saturated heterocycles. The maximum Gasteiger partial charge on any atom is 0.256 e. The van der Waals surface area contributed by atoms with Crippen LogP contribution in [0.3, 0.4) is 0 Å². The molecule has 556 valence electrons. The van der Waals surface area contributed by atoms with Crippen molar-refractivity contribution in [2.45, 2.75) is 0 Å². The second kappa shape index (κ2) is 24.8. The molecule has 4 aliphatic rings. The number of hydrogen-bond donors (Lipinski definition) is 0. The SMILES string of the molecule is c1ccc(-n2c3cc4c(cc3c3cc5c(cc32)Oc2ccc3c6ccccc6n6c3c2B5c2ccccc2-6)B2c3ccccc3-n3c5ccccc5c5ccc(c2c53)O4)cc1.c1ccc(-n2c3ccccc3c3ccc(Oc4ccc5c6ccc(Oc7ccc8c9ccccc9n(-c9ccccc9)c8c7)cc6n(-c6ccccc6)c5c4)cc32)cc1. The Morgan fingerprint density at radius 1 is 0.183 bits per heavy atom. The first-order valence-electron chi connectivity index (χ1n) is 41.1. The summed E-state index contributed by atoms with van der Waals surface area (Å²) in [6.07, 6.45) is 0. The fraction of sp³-hybridized carbons (Fsp3) is 0. The Bertz CT molecular complexity index is 8120. The van der Waals surface area contributed by atoms with E-state index in [-0.39, 0.29) is 13.4 Å². The summed E-state index contributed by atoms with van der Waals surface area (Å²) in [6.45, 7) is 0.00602. The highest BCUT2D eigenvalue weighted by Crippen LogP contribution is 2.47. The molecule has 0 bridgehead atoms. The lowest BCUT2D eigenvalue weighted by Gasteiger charge is -2.33. The fourth-order valence-corrected chi connectivity index (χ4v) is 21.0. The second-order valence-electron chi connectivity index (χ2n) is 32.1. The average Bonchev–Trinajstić information content (AvgIpc) is 1.48. The lowest BCUT2D eigenvalue weighted by molar-refractivity contribution is 0.484. The number of hydrogen-bond acceptors (Lipinski definition) is 4. The number of ether oxygens (including phenoxy) is 4. The normalized spacial score (nSPS) is 12.8. The molecule has 4 aliphatic heterocycles. The van der Waals surface area contributed by atoms with Crippen molar-refractivity contribution in [3.05, 3.63) is 388 Å². The van der Waals surface area contributed by atoms with Gasteiger partial charge < -0.3 is 46.4 Å². The van der Waals surface area contributed by atoms with Crippen LogP contribution in [0.4, 0.5) is 0 Å². The van der Waals surface area contributed by atoms with Crippen LogP contribution in [0, 0.1) is 0 Å². The third kappa shape index (κ3) is 9.24. The van der Waals surface area contributed by atoms with Crippen molar-refractivity contribution in [2.24, 2.45) is 0 Å². The zero-order chi connectivity index (χ0) is 78.1. The van der Waals surface area contributed by atoms with Gasteiger partial charge >= 0.3 is 0 Å². The number of fused-ring (bicyclic) bond motifs is 28. The average molecular weight is 1530 g/mol. The quantitative estimate of drug-likeness (QED) is 0.142. The molecule has 0 N–H and O–H groups in total. The number of rotatable bonds is 8. The molecule has 10 heterocycles. The molecule has 0 aliphatic carbocycles. The molecule has 6 aromatic heterocycles. The topological polar surface area (TPSA) is 66.5 Å². The summed E-state index contributed by atoms with van der Waals surface area (Å²) in [7, 11) is 0. The predicted octanol–water partition coefficient (Wildman–Crippen LogP) is 23.4. The van der Waals surface area contributed by atoms with Gasteiger partial charge in [0.2, 0.25) is 0 Å². The van der Waals surface area contributed by atoms with Gasteiger partial charge in [-0.1, -0.05) is 194 Å². The van der Waals surface area contributed by atoms with Crippen molar-refractivity contribution in [2.75, 3.05) is 0 Å². The van der Waals surface area contributed by atoms with E-state index in [1.165, 1.54) is 131 Å². The summed E-state index contributed by atoms with van der Waals surface area (Å²) >= 11 is 0. The van der Waals surface area contributed by atoms with E-state index in [4.69, 9.17) is 18.9 Å². The zero-order valence-corrected chi connectivity index (χ0v) is 64.4. The summed E-state index contributed by atoms with van der Waals surface area (Å²) in [5.74, 6) is 6.72. The van der Waals surface area contributed by atoms with Crippen LogP contribution in [0.25, 0.3) is 165 Å². The Hall–Kier alpha value is -15.9. The van der Waals surface area contributed by atoms with Crippen LogP contribution in [-0.2, 0) is 0 Å². The minimum absolute atomic E-state index is 0.00301. The van der Waals surface area contributed by atoms with Crippen LogP contribution in [-0.4, -0.2) is 40.8 Å². The summed E-state index contributed by atoms with van der Waals surface area (Å²) in [5, 5.41) is 14.5. The first-order valence-corrected chi connectivity index (χ1v) is 41.1. The molecule has 12 heteroatoms. The molecule has 24 aromatic rings. The molecule has 0 unspecified atom stereocenters. The maximum atomic E-state index is 7.09.